The molecular formula is C17H18N2O. The third kappa shape index (κ3) is 2.32. The van der Waals surface area contributed by atoms with Crippen molar-refractivity contribution in [2.45, 2.75) is 26.5 Å². The van der Waals surface area contributed by atoms with E-state index < -0.39 is 0 Å². The van der Waals surface area contributed by atoms with Crippen molar-refractivity contribution in [2.24, 2.45) is 0 Å². The summed E-state index contributed by atoms with van der Waals surface area (Å²) in [6.07, 6.45) is 4.84. The van der Waals surface area contributed by atoms with Gasteiger partial charge in [0.15, 0.2) is 0 Å². The number of aromatic nitrogens is 2. The minimum Gasteiger partial charge on any atom is -0.392 e. The Balaban J connectivity index is 1.97. The molecule has 3 rings (SSSR count). The molecule has 0 aliphatic rings. The summed E-state index contributed by atoms with van der Waals surface area (Å²) in [6, 6.07) is 12.6. The normalized spacial score (nSPS) is 11.1. The van der Waals surface area contributed by atoms with Gasteiger partial charge in [-0.1, -0.05) is 31.2 Å². The second-order valence-electron chi connectivity index (χ2n) is 4.98. The number of benzene rings is 1. The van der Waals surface area contributed by atoms with Crippen molar-refractivity contribution in [1.82, 2.24) is 9.55 Å². The number of nitrogens with zero attached hydrogens (tertiary/aromatic N) is 2. The van der Waals surface area contributed by atoms with Gasteiger partial charge in [0.25, 0.3) is 0 Å². The number of hydrogen-bond acceptors (Lipinski definition) is 2. The van der Waals surface area contributed by atoms with E-state index in [0.717, 1.165) is 29.6 Å². The third-order valence-electron chi connectivity index (χ3n) is 3.67. The second-order valence-corrected chi connectivity index (χ2v) is 4.98. The highest BCUT2D eigenvalue weighted by atomic mass is 16.3. The van der Waals surface area contributed by atoms with E-state index in [1.807, 2.05) is 18.3 Å². The topological polar surface area (TPSA) is 38.0 Å². The van der Waals surface area contributed by atoms with Crippen molar-refractivity contribution in [3.05, 3.63) is 65.5 Å². The van der Waals surface area contributed by atoms with Crippen molar-refractivity contribution in [3.8, 4) is 0 Å². The van der Waals surface area contributed by atoms with Gasteiger partial charge >= 0.3 is 0 Å². The Hall–Kier alpha value is -2.13. The molecule has 0 amide bonds. The Bertz CT molecular complexity index is 713. The van der Waals surface area contributed by atoms with Crippen molar-refractivity contribution in [1.29, 1.82) is 0 Å². The monoisotopic (exact) mass is 266 g/mol. The summed E-state index contributed by atoms with van der Waals surface area (Å²) in [6.45, 7) is 2.98. The molecule has 1 aromatic carbocycles. The maximum Gasteiger partial charge on any atom is 0.140 e. The van der Waals surface area contributed by atoms with Crippen LogP contribution in [0.5, 0.6) is 0 Å². The van der Waals surface area contributed by atoms with Crippen LogP contribution in [0.2, 0.25) is 0 Å². The Morgan fingerprint density at radius 1 is 1.10 bits per heavy atom. The molecule has 0 saturated heterocycles. The highest BCUT2D eigenvalue weighted by Crippen LogP contribution is 2.20. The summed E-state index contributed by atoms with van der Waals surface area (Å²) >= 11 is 0. The van der Waals surface area contributed by atoms with Gasteiger partial charge in [0.05, 0.1) is 6.61 Å². The summed E-state index contributed by atoms with van der Waals surface area (Å²) in [4.78, 5) is 4.43. The summed E-state index contributed by atoms with van der Waals surface area (Å²) < 4.78 is 2.10. The molecule has 20 heavy (non-hydrogen) atoms. The zero-order chi connectivity index (χ0) is 13.9. The zero-order valence-corrected chi connectivity index (χ0v) is 11.6. The lowest BCUT2D eigenvalue weighted by Crippen LogP contribution is -1.99. The molecule has 3 aromatic rings. The molecular weight excluding hydrogens is 248 g/mol. The van der Waals surface area contributed by atoms with Crippen LogP contribution >= 0.6 is 0 Å². The molecule has 0 unspecified atom stereocenters. The Morgan fingerprint density at radius 3 is 2.55 bits per heavy atom. The van der Waals surface area contributed by atoms with Gasteiger partial charge in [0.1, 0.15) is 5.65 Å². The average molecular weight is 266 g/mol. The number of aliphatic hydroxyl groups is 1. The standard InChI is InChI=1S/C17H18N2O/c1-2-13-5-7-14(8-6-13)10-19-11-15(12-20)16-4-3-9-18-17(16)19/h3-9,11,20H,2,10,12H2,1H3. The van der Waals surface area contributed by atoms with Crippen LogP contribution in [0.15, 0.2) is 48.8 Å². The molecule has 3 nitrogen and oxygen atoms in total. The first-order valence-electron chi connectivity index (χ1n) is 6.93. The predicted octanol–water partition coefficient (Wildman–Crippen LogP) is 3.14. The molecule has 0 spiro atoms. The fraction of sp³-hybridized carbons (Fsp3) is 0.235. The summed E-state index contributed by atoms with van der Waals surface area (Å²) in [5, 5.41) is 10.5. The van der Waals surface area contributed by atoms with E-state index in [2.05, 4.69) is 40.7 Å². The molecule has 0 radical (unpaired) electrons. The third-order valence-corrected chi connectivity index (χ3v) is 3.67. The van der Waals surface area contributed by atoms with E-state index in [9.17, 15) is 5.11 Å². The number of fused-ring (bicyclic) bond motifs is 1. The smallest absolute Gasteiger partial charge is 0.140 e. The fourth-order valence-corrected chi connectivity index (χ4v) is 2.52. The van der Waals surface area contributed by atoms with Crippen LogP contribution < -0.4 is 0 Å². The molecule has 0 aliphatic heterocycles. The van der Waals surface area contributed by atoms with Gasteiger partial charge in [-0.2, -0.15) is 0 Å². The van der Waals surface area contributed by atoms with Crippen LogP contribution in [-0.2, 0) is 19.6 Å². The fourth-order valence-electron chi connectivity index (χ4n) is 2.52. The highest BCUT2D eigenvalue weighted by Gasteiger charge is 2.08. The van der Waals surface area contributed by atoms with E-state index in [-0.39, 0.29) is 6.61 Å². The van der Waals surface area contributed by atoms with E-state index >= 15 is 0 Å². The summed E-state index contributed by atoms with van der Waals surface area (Å²) in [7, 11) is 0. The first-order valence-corrected chi connectivity index (χ1v) is 6.93. The maximum absolute atomic E-state index is 9.44. The average Bonchev–Trinajstić information content (AvgIpc) is 2.86. The number of aryl methyl sites for hydroxylation is 1. The predicted molar refractivity (Wildman–Crippen MR) is 80.6 cm³/mol. The first-order chi connectivity index (χ1) is 9.81. The van der Waals surface area contributed by atoms with Gasteiger partial charge in [-0.05, 0) is 29.7 Å². The maximum atomic E-state index is 9.44. The second kappa shape index (κ2) is 5.47. The molecule has 1 N–H and O–H groups in total. The molecule has 2 aromatic heterocycles. The molecule has 0 bridgehead atoms. The largest absolute Gasteiger partial charge is 0.392 e. The number of pyridine rings is 1. The molecule has 0 atom stereocenters. The van der Waals surface area contributed by atoms with E-state index in [4.69, 9.17) is 0 Å². The minimum absolute atomic E-state index is 0.0456. The highest BCUT2D eigenvalue weighted by molar-refractivity contribution is 5.80. The lowest BCUT2D eigenvalue weighted by molar-refractivity contribution is 0.283. The van der Waals surface area contributed by atoms with Crippen LogP contribution in [0, 0.1) is 0 Å². The van der Waals surface area contributed by atoms with Crippen molar-refractivity contribution >= 4 is 11.0 Å². The molecule has 102 valence electrons. The van der Waals surface area contributed by atoms with Crippen molar-refractivity contribution in [3.63, 3.8) is 0 Å². The number of aliphatic hydroxyl groups excluding tert-OH is 1. The van der Waals surface area contributed by atoms with Gasteiger partial charge in [-0.15, -0.1) is 0 Å². The number of hydrogen-bond donors (Lipinski definition) is 1. The lowest BCUT2D eigenvalue weighted by Gasteiger charge is -2.05. The molecule has 0 saturated carbocycles. The van der Waals surface area contributed by atoms with Gasteiger partial charge in [-0.25, -0.2) is 4.98 Å². The van der Waals surface area contributed by atoms with Gasteiger partial charge in [0, 0.05) is 29.9 Å². The molecule has 0 fully saturated rings. The van der Waals surface area contributed by atoms with Gasteiger partial charge in [-0.3, -0.25) is 0 Å². The summed E-state index contributed by atoms with van der Waals surface area (Å²) in [5.41, 5.74) is 4.45. The lowest BCUT2D eigenvalue weighted by atomic mass is 10.1. The van der Waals surface area contributed by atoms with Crippen LogP contribution in [0.3, 0.4) is 0 Å². The van der Waals surface area contributed by atoms with Crippen LogP contribution in [-0.4, -0.2) is 14.7 Å². The minimum atomic E-state index is 0.0456. The Labute approximate surface area is 118 Å². The van der Waals surface area contributed by atoms with Gasteiger partial charge in [0.2, 0.25) is 0 Å². The molecule has 3 heteroatoms. The quantitative estimate of drug-likeness (QED) is 0.787. The zero-order valence-electron chi connectivity index (χ0n) is 11.6. The van der Waals surface area contributed by atoms with Crippen LogP contribution in [0.4, 0.5) is 0 Å². The van der Waals surface area contributed by atoms with E-state index in [1.54, 1.807) is 6.20 Å². The SMILES string of the molecule is CCc1ccc(Cn2cc(CO)c3cccnc32)cc1. The Kier molecular flexibility index (Phi) is 3.52. The molecule has 0 aliphatic carbocycles. The number of rotatable bonds is 4. The summed E-state index contributed by atoms with van der Waals surface area (Å²) in [5.74, 6) is 0. The van der Waals surface area contributed by atoms with E-state index in [1.165, 1.54) is 11.1 Å². The Morgan fingerprint density at radius 2 is 1.85 bits per heavy atom. The van der Waals surface area contributed by atoms with Crippen LogP contribution in [0.25, 0.3) is 11.0 Å². The molecule has 2 heterocycles. The first kappa shape index (κ1) is 12.9. The van der Waals surface area contributed by atoms with E-state index in [0.29, 0.717) is 0 Å². The van der Waals surface area contributed by atoms with Crippen LogP contribution in [0.1, 0.15) is 23.6 Å². The van der Waals surface area contributed by atoms with Crippen molar-refractivity contribution in [2.75, 3.05) is 0 Å². The van der Waals surface area contributed by atoms with Gasteiger partial charge < -0.3 is 9.67 Å². The van der Waals surface area contributed by atoms with Crippen molar-refractivity contribution < 1.29 is 5.11 Å².